The van der Waals surface area contributed by atoms with E-state index in [0.29, 0.717) is 5.57 Å². The van der Waals surface area contributed by atoms with Crippen LogP contribution in [-0.2, 0) is 19.2 Å². The summed E-state index contributed by atoms with van der Waals surface area (Å²) in [5.74, 6) is -6.68. The number of amides is 4. The summed E-state index contributed by atoms with van der Waals surface area (Å²) in [6.07, 6.45) is 1.91. The number of hydrogen-bond acceptors (Lipinski definition) is 5. The van der Waals surface area contributed by atoms with Crippen LogP contribution in [0.5, 0.6) is 5.75 Å². The number of likely N-dealkylation sites (tertiary alicyclic amines) is 2. The second-order valence-electron chi connectivity index (χ2n) is 10.9. The number of aromatic hydroxyl groups is 1. The van der Waals surface area contributed by atoms with Crippen LogP contribution in [0.4, 0.5) is 4.39 Å². The zero-order valence-electron chi connectivity index (χ0n) is 19.6. The van der Waals surface area contributed by atoms with Crippen LogP contribution < -0.4 is 0 Å². The lowest BCUT2D eigenvalue weighted by Crippen LogP contribution is -2.60. The molecule has 1 aromatic carbocycles. The molecule has 2 aliphatic carbocycles. The van der Waals surface area contributed by atoms with Crippen molar-refractivity contribution in [1.82, 2.24) is 9.80 Å². The Labute approximate surface area is 211 Å². The molecule has 0 aromatic heterocycles. The molecule has 2 aliphatic heterocycles. The first kappa shape index (κ1) is 24.3. The van der Waals surface area contributed by atoms with Gasteiger partial charge < -0.3 is 5.11 Å². The van der Waals surface area contributed by atoms with Crippen LogP contribution in [-0.4, -0.2) is 60.9 Å². The maximum atomic E-state index is 14.5. The van der Waals surface area contributed by atoms with E-state index >= 15 is 0 Å². The van der Waals surface area contributed by atoms with Crippen molar-refractivity contribution >= 4 is 46.8 Å². The van der Waals surface area contributed by atoms with Gasteiger partial charge in [-0.1, -0.05) is 17.7 Å². The van der Waals surface area contributed by atoms with Gasteiger partial charge in [0, 0.05) is 18.5 Å². The Kier molecular flexibility index (Phi) is 5.05. The fourth-order valence-corrected chi connectivity index (χ4v) is 7.50. The number of imide groups is 2. The van der Waals surface area contributed by atoms with Gasteiger partial charge in [-0.2, -0.15) is 0 Å². The minimum Gasteiger partial charge on any atom is -0.505 e. The minimum absolute atomic E-state index is 0.117. The fourth-order valence-electron chi connectivity index (χ4n) is 6.48. The van der Waals surface area contributed by atoms with E-state index in [4.69, 9.17) is 23.2 Å². The molecule has 4 amide bonds. The van der Waals surface area contributed by atoms with E-state index < -0.39 is 62.3 Å². The number of carbonyl (C=O) groups is 4. The fraction of sp³-hybridized carbons (Fsp3) is 0.520. The summed E-state index contributed by atoms with van der Waals surface area (Å²) in [6, 6.07) is 3.64. The van der Waals surface area contributed by atoms with Crippen LogP contribution in [0.2, 0.25) is 0 Å². The summed E-state index contributed by atoms with van der Waals surface area (Å²) in [5, 5.41) is 9.74. The number of fused-ring (bicyclic) bond motifs is 4. The maximum Gasteiger partial charge on any atom is 0.253 e. The van der Waals surface area contributed by atoms with Gasteiger partial charge >= 0.3 is 0 Å². The first-order chi connectivity index (χ1) is 16.2. The quantitative estimate of drug-likeness (QED) is 0.346. The predicted molar refractivity (Wildman–Crippen MR) is 125 cm³/mol. The SMILES string of the molecule is CN1C(=O)C2(Cl)CC3C(=CCC4C(=O)N(C(C)(C)C)C(=O)C43)C(c3ccc(O)c(F)c3)C2(Cl)C1=O. The van der Waals surface area contributed by atoms with Gasteiger partial charge in [-0.15, -0.1) is 23.2 Å². The second-order valence-corrected chi connectivity index (χ2v) is 12.1. The van der Waals surface area contributed by atoms with Gasteiger partial charge in [0.05, 0.1) is 11.8 Å². The molecule has 3 fully saturated rings. The number of rotatable bonds is 1. The molecule has 5 rings (SSSR count). The van der Waals surface area contributed by atoms with E-state index in [0.717, 1.165) is 17.0 Å². The third-order valence-electron chi connectivity index (χ3n) is 7.99. The molecule has 0 spiro atoms. The van der Waals surface area contributed by atoms with Crippen molar-refractivity contribution in [3.8, 4) is 5.75 Å². The summed E-state index contributed by atoms with van der Waals surface area (Å²) in [5.41, 5.74) is 0.0836. The number of phenolic OH excluding ortho intramolecular Hbond substituents is 1. The van der Waals surface area contributed by atoms with Crippen molar-refractivity contribution in [3.05, 3.63) is 41.2 Å². The molecule has 1 N–H and O–H groups in total. The summed E-state index contributed by atoms with van der Waals surface area (Å²) in [4.78, 5) is 51.8. The van der Waals surface area contributed by atoms with Crippen LogP contribution in [0.1, 0.15) is 45.1 Å². The Morgan fingerprint density at radius 2 is 1.71 bits per heavy atom. The molecule has 1 saturated carbocycles. The highest BCUT2D eigenvalue weighted by atomic mass is 35.5. The highest BCUT2D eigenvalue weighted by Crippen LogP contribution is 2.65. The molecule has 2 saturated heterocycles. The van der Waals surface area contributed by atoms with E-state index in [2.05, 4.69) is 0 Å². The number of halogens is 3. The van der Waals surface area contributed by atoms with Crippen molar-refractivity contribution in [1.29, 1.82) is 0 Å². The molecule has 10 heteroatoms. The lowest BCUT2D eigenvalue weighted by molar-refractivity contribution is -0.146. The number of benzene rings is 1. The normalized spacial score (nSPS) is 36.8. The predicted octanol–water partition coefficient (Wildman–Crippen LogP) is 3.32. The molecule has 0 bridgehead atoms. The lowest BCUT2D eigenvalue weighted by atomic mass is 9.56. The average Bonchev–Trinajstić information content (AvgIpc) is 3.11. The number of nitrogens with zero attached hydrogens (tertiary/aromatic N) is 2. The average molecular weight is 523 g/mol. The highest BCUT2D eigenvalue weighted by Gasteiger charge is 2.76. The standard InChI is InChI=1S/C25H25Cl2FN2O5/c1-23(2,3)30-19(32)13-7-6-12-14(17(13)20(30)33)10-24(26)21(34)29(4)22(35)25(24,27)18(12)11-5-8-16(31)15(28)9-11/h5-6,8-9,13-14,17-18,31H,7,10H2,1-4H3. The number of alkyl halides is 2. The van der Waals surface area contributed by atoms with Gasteiger partial charge in [-0.3, -0.25) is 29.0 Å². The van der Waals surface area contributed by atoms with Crippen molar-refractivity contribution in [2.45, 2.75) is 54.8 Å². The van der Waals surface area contributed by atoms with E-state index in [1.165, 1.54) is 18.0 Å². The summed E-state index contributed by atoms with van der Waals surface area (Å²) >= 11 is 14.0. The zero-order valence-corrected chi connectivity index (χ0v) is 21.2. The van der Waals surface area contributed by atoms with Crippen LogP contribution in [0, 0.1) is 23.6 Å². The summed E-state index contributed by atoms with van der Waals surface area (Å²) in [7, 11) is 1.29. The van der Waals surface area contributed by atoms with E-state index in [-0.39, 0.29) is 30.2 Å². The highest BCUT2D eigenvalue weighted by molar-refractivity contribution is 6.53. The molecule has 0 radical (unpaired) electrons. The smallest absolute Gasteiger partial charge is 0.253 e. The molecule has 6 unspecified atom stereocenters. The van der Waals surface area contributed by atoms with Gasteiger partial charge in [0.15, 0.2) is 21.3 Å². The zero-order chi connectivity index (χ0) is 25.8. The summed E-state index contributed by atoms with van der Waals surface area (Å²) in [6.45, 7) is 5.33. The van der Waals surface area contributed by atoms with Crippen LogP contribution in [0.25, 0.3) is 0 Å². The molecule has 186 valence electrons. The van der Waals surface area contributed by atoms with Crippen molar-refractivity contribution < 1.29 is 28.7 Å². The molecular weight excluding hydrogens is 498 g/mol. The number of carbonyl (C=O) groups excluding carboxylic acids is 4. The Bertz CT molecular complexity index is 1240. The lowest BCUT2D eigenvalue weighted by Gasteiger charge is -2.50. The topological polar surface area (TPSA) is 95.0 Å². The van der Waals surface area contributed by atoms with Gasteiger partial charge in [0.1, 0.15) is 0 Å². The van der Waals surface area contributed by atoms with E-state index in [1.807, 2.05) is 0 Å². The van der Waals surface area contributed by atoms with Gasteiger partial charge in [0.25, 0.3) is 11.8 Å². The Hall–Kier alpha value is -2.45. The van der Waals surface area contributed by atoms with Crippen LogP contribution in [0.15, 0.2) is 29.8 Å². The Morgan fingerprint density at radius 1 is 1.06 bits per heavy atom. The van der Waals surface area contributed by atoms with Crippen LogP contribution in [0.3, 0.4) is 0 Å². The second kappa shape index (κ2) is 7.29. The Morgan fingerprint density at radius 3 is 2.31 bits per heavy atom. The third-order valence-corrected chi connectivity index (χ3v) is 9.40. The largest absolute Gasteiger partial charge is 0.505 e. The molecular formula is C25H25Cl2FN2O5. The number of phenols is 1. The third kappa shape index (κ3) is 2.90. The molecule has 35 heavy (non-hydrogen) atoms. The van der Waals surface area contributed by atoms with Crippen molar-refractivity contribution in [2.24, 2.45) is 17.8 Å². The van der Waals surface area contributed by atoms with Crippen molar-refractivity contribution in [3.63, 3.8) is 0 Å². The molecule has 7 nitrogen and oxygen atoms in total. The van der Waals surface area contributed by atoms with Crippen molar-refractivity contribution in [2.75, 3.05) is 7.05 Å². The maximum absolute atomic E-state index is 14.5. The summed E-state index contributed by atoms with van der Waals surface area (Å²) < 4.78 is 14.5. The van der Waals surface area contributed by atoms with E-state index in [9.17, 15) is 28.7 Å². The van der Waals surface area contributed by atoms with E-state index in [1.54, 1.807) is 26.8 Å². The molecule has 2 heterocycles. The molecule has 4 aliphatic rings. The molecule has 1 aromatic rings. The number of hydrogen-bond donors (Lipinski definition) is 1. The molecule has 6 atom stereocenters. The van der Waals surface area contributed by atoms with Gasteiger partial charge in [-0.25, -0.2) is 4.39 Å². The number of allylic oxidation sites excluding steroid dienone is 2. The van der Waals surface area contributed by atoms with Crippen LogP contribution >= 0.6 is 23.2 Å². The first-order valence-electron chi connectivity index (χ1n) is 11.4. The van der Waals surface area contributed by atoms with Gasteiger partial charge in [0.2, 0.25) is 11.8 Å². The monoisotopic (exact) mass is 522 g/mol. The Balaban J connectivity index is 1.73. The first-order valence-corrected chi connectivity index (χ1v) is 12.2. The van der Waals surface area contributed by atoms with Gasteiger partial charge in [-0.05, 0) is 57.2 Å². The minimum atomic E-state index is -1.98.